The smallest absolute Gasteiger partial charge is 0.303 e. The van der Waals surface area contributed by atoms with Crippen LogP contribution in [-0.2, 0) is 14.4 Å². The number of carbonyl (C=O) groups is 3. The van der Waals surface area contributed by atoms with Gasteiger partial charge in [0.05, 0.1) is 0 Å². The number of aliphatic carboxylic acids is 1. The van der Waals surface area contributed by atoms with Gasteiger partial charge in [-0.1, -0.05) is 0 Å². The molecule has 1 aliphatic heterocycles. The zero-order valence-corrected chi connectivity index (χ0v) is 12.1. The number of hydrogen-bond donors (Lipinski definition) is 2. The number of amides is 2. The maximum Gasteiger partial charge on any atom is 0.303 e. The minimum Gasteiger partial charge on any atom is -0.481 e. The summed E-state index contributed by atoms with van der Waals surface area (Å²) in [4.78, 5) is 35.6. The molecule has 0 atom stereocenters. The first-order valence-corrected chi connectivity index (χ1v) is 7.29. The highest BCUT2D eigenvalue weighted by atomic mass is 16.4. The summed E-state index contributed by atoms with van der Waals surface area (Å²) in [6, 6.07) is 0. The number of hydrogen-bond acceptors (Lipinski definition) is 3. The Morgan fingerprint density at radius 2 is 1.85 bits per heavy atom. The molecule has 0 spiro atoms. The average molecular weight is 284 g/mol. The van der Waals surface area contributed by atoms with Gasteiger partial charge in [0.15, 0.2) is 0 Å². The van der Waals surface area contributed by atoms with Gasteiger partial charge in [-0.25, -0.2) is 0 Å². The molecule has 2 N–H and O–H groups in total. The summed E-state index contributed by atoms with van der Waals surface area (Å²) >= 11 is 0. The number of carbonyl (C=O) groups excluding carboxylic acids is 2. The predicted molar refractivity (Wildman–Crippen MR) is 74.1 cm³/mol. The van der Waals surface area contributed by atoms with Crippen LogP contribution in [-0.4, -0.2) is 47.4 Å². The van der Waals surface area contributed by atoms with Crippen LogP contribution in [0.15, 0.2) is 0 Å². The normalized spacial score (nSPS) is 15.9. The van der Waals surface area contributed by atoms with Crippen LogP contribution < -0.4 is 5.32 Å². The zero-order valence-electron chi connectivity index (χ0n) is 12.1. The Hall–Kier alpha value is -1.59. The predicted octanol–water partition coefficient (Wildman–Crippen LogP) is 1.01. The van der Waals surface area contributed by atoms with E-state index in [0.29, 0.717) is 38.9 Å². The molecule has 0 aromatic heterocycles. The van der Waals surface area contributed by atoms with Crippen LogP contribution in [0.4, 0.5) is 0 Å². The van der Waals surface area contributed by atoms with Gasteiger partial charge < -0.3 is 15.3 Å². The Morgan fingerprint density at radius 3 is 2.40 bits per heavy atom. The summed E-state index contributed by atoms with van der Waals surface area (Å²) in [5, 5.41) is 11.4. The summed E-state index contributed by atoms with van der Waals surface area (Å²) in [5.41, 5.74) is 0. The van der Waals surface area contributed by atoms with Crippen molar-refractivity contribution in [3.05, 3.63) is 0 Å². The molecule has 1 heterocycles. The van der Waals surface area contributed by atoms with Gasteiger partial charge in [-0.2, -0.15) is 0 Å². The molecule has 114 valence electrons. The van der Waals surface area contributed by atoms with Crippen molar-refractivity contribution in [1.82, 2.24) is 10.2 Å². The van der Waals surface area contributed by atoms with Crippen molar-refractivity contribution in [2.45, 2.75) is 45.4 Å². The Bertz CT molecular complexity index is 349. The molecule has 1 fully saturated rings. The zero-order chi connectivity index (χ0) is 15.0. The summed E-state index contributed by atoms with van der Waals surface area (Å²) in [6.07, 6.45) is 3.05. The Balaban J connectivity index is 2.19. The number of rotatable bonds is 7. The second kappa shape index (κ2) is 8.55. The standard InChI is InChI=1S/C14H24N2O4/c1-2-15-12(17)4-3-5-13(18)16-8-6-11(7-9-16)10-14(19)20/h11H,2-10H2,1H3,(H,15,17)(H,19,20). The van der Waals surface area contributed by atoms with Crippen molar-refractivity contribution in [1.29, 1.82) is 0 Å². The number of carboxylic acid groups (broad SMARTS) is 1. The lowest BCUT2D eigenvalue weighted by atomic mass is 9.93. The largest absolute Gasteiger partial charge is 0.481 e. The molecule has 0 bridgehead atoms. The summed E-state index contributed by atoms with van der Waals surface area (Å²) in [6.45, 7) is 3.75. The minimum atomic E-state index is -0.767. The molecule has 1 rings (SSSR count). The fraction of sp³-hybridized carbons (Fsp3) is 0.786. The van der Waals surface area contributed by atoms with Gasteiger partial charge in [-0.15, -0.1) is 0 Å². The Morgan fingerprint density at radius 1 is 1.20 bits per heavy atom. The maximum absolute atomic E-state index is 11.9. The van der Waals surface area contributed by atoms with E-state index in [1.165, 1.54) is 0 Å². The highest BCUT2D eigenvalue weighted by Crippen LogP contribution is 2.21. The van der Waals surface area contributed by atoms with E-state index in [0.717, 1.165) is 12.8 Å². The molecule has 20 heavy (non-hydrogen) atoms. The lowest BCUT2D eigenvalue weighted by Gasteiger charge is -2.31. The van der Waals surface area contributed by atoms with Gasteiger partial charge in [0.1, 0.15) is 0 Å². The van der Waals surface area contributed by atoms with Gasteiger partial charge >= 0.3 is 5.97 Å². The van der Waals surface area contributed by atoms with E-state index in [2.05, 4.69) is 5.32 Å². The molecule has 6 heteroatoms. The van der Waals surface area contributed by atoms with Crippen LogP contribution in [0.3, 0.4) is 0 Å². The van der Waals surface area contributed by atoms with Crippen LogP contribution in [0.5, 0.6) is 0 Å². The fourth-order valence-electron chi connectivity index (χ4n) is 2.48. The monoisotopic (exact) mass is 284 g/mol. The number of piperidine rings is 1. The second-order valence-corrected chi connectivity index (χ2v) is 5.23. The van der Waals surface area contributed by atoms with Gasteiger partial charge in [0.2, 0.25) is 11.8 Å². The van der Waals surface area contributed by atoms with Crippen LogP contribution in [0.25, 0.3) is 0 Å². The van der Waals surface area contributed by atoms with E-state index in [-0.39, 0.29) is 24.2 Å². The lowest BCUT2D eigenvalue weighted by molar-refractivity contribution is -0.138. The van der Waals surface area contributed by atoms with Crippen LogP contribution in [0.2, 0.25) is 0 Å². The minimum absolute atomic E-state index is 0.0135. The van der Waals surface area contributed by atoms with Gasteiger partial charge in [-0.3, -0.25) is 14.4 Å². The van der Waals surface area contributed by atoms with E-state index in [1.54, 1.807) is 4.90 Å². The molecular weight excluding hydrogens is 260 g/mol. The van der Waals surface area contributed by atoms with E-state index < -0.39 is 5.97 Å². The molecule has 1 aliphatic rings. The van der Waals surface area contributed by atoms with Crippen molar-refractivity contribution in [2.75, 3.05) is 19.6 Å². The van der Waals surface area contributed by atoms with Crippen molar-refractivity contribution in [3.63, 3.8) is 0 Å². The molecule has 6 nitrogen and oxygen atoms in total. The molecule has 0 aliphatic carbocycles. The van der Waals surface area contributed by atoms with Crippen molar-refractivity contribution < 1.29 is 19.5 Å². The van der Waals surface area contributed by atoms with E-state index in [1.807, 2.05) is 6.92 Å². The molecule has 0 saturated carbocycles. The topological polar surface area (TPSA) is 86.7 Å². The first-order chi connectivity index (χ1) is 9.52. The highest BCUT2D eigenvalue weighted by molar-refractivity contribution is 5.79. The summed E-state index contributed by atoms with van der Waals surface area (Å²) < 4.78 is 0. The van der Waals surface area contributed by atoms with Crippen LogP contribution >= 0.6 is 0 Å². The third-order valence-electron chi connectivity index (χ3n) is 3.60. The van der Waals surface area contributed by atoms with Gasteiger partial charge in [0, 0.05) is 38.9 Å². The number of likely N-dealkylation sites (tertiary alicyclic amines) is 1. The fourth-order valence-corrected chi connectivity index (χ4v) is 2.48. The van der Waals surface area contributed by atoms with E-state index in [4.69, 9.17) is 5.11 Å². The quantitative estimate of drug-likeness (QED) is 0.730. The third-order valence-corrected chi connectivity index (χ3v) is 3.60. The van der Waals surface area contributed by atoms with Gasteiger partial charge in [-0.05, 0) is 32.1 Å². The van der Waals surface area contributed by atoms with Crippen molar-refractivity contribution in [3.8, 4) is 0 Å². The summed E-state index contributed by atoms with van der Waals surface area (Å²) in [7, 11) is 0. The van der Waals surface area contributed by atoms with Gasteiger partial charge in [0.25, 0.3) is 0 Å². The van der Waals surface area contributed by atoms with E-state index >= 15 is 0 Å². The number of nitrogens with one attached hydrogen (secondary N) is 1. The van der Waals surface area contributed by atoms with Crippen molar-refractivity contribution >= 4 is 17.8 Å². The first-order valence-electron chi connectivity index (χ1n) is 7.29. The van der Waals surface area contributed by atoms with Crippen molar-refractivity contribution in [2.24, 2.45) is 5.92 Å². The number of carboxylic acids is 1. The first kappa shape index (κ1) is 16.5. The molecule has 0 unspecified atom stereocenters. The second-order valence-electron chi connectivity index (χ2n) is 5.23. The van der Waals surface area contributed by atoms with E-state index in [9.17, 15) is 14.4 Å². The molecule has 0 radical (unpaired) electrons. The Labute approximate surface area is 119 Å². The van der Waals surface area contributed by atoms with Crippen LogP contribution in [0, 0.1) is 5.92 Å². The highest BCUT2D eigenvalue weighted by Gasteiger charge is 2.23. The molecule has 0 aromatic carbocycles. The molecule has 1 saturated heterocycles. The lowest BCUT2D eigenvalue weighted by Crippen LogP contribution is -2.38. The molecular formula is C14H24N2O4. The Kier molecular flexibility index (Phi) is 7.04. The van der Waals surface area contributed by atoms with Crippen LogP contribution in [0.1, 0.15) is 45.4 Å². The molecule has 2 amide bonds. The maximum atomic E-state index is 11.9. The SMILES string of the molecule is CCNC(=O)CCCC(=O)N1CCC(CC(=O)O)CC1. The summed E-state index contributed by atoms with van der Waals surface area (Å²) in [5.74, 6) is -0.521. The molecule has 0 aromatic rings. The number of nitrogens with zero attached hydrogens (tertiary/aromatic N) is 1. The average Bonchev–Trinajstić information content (AvgIpc) is 2.39. The third kappa shape index (κ3) is 6.04.